The van der Waals surface area contributed by atoms with Gasteiger partial charge in [0.05, 0.1) is 6.20 Å². The minimum absolute atomic E-state index is 0.139. The number of hydrogen-bond donors (Lipinski definition) is 1. The molecule has 1 N–H and O–H groups in total. The molecule has 0 saturated carbocycles. The Morgan fingerprint density at radius 2 is 2.14 bits per heavy atom. The third-order valence-corrected chi connectivity index (χ3v) is 4.17. The summed E-state index contributed by atoms with van der Waals surface area (Å²) in [4.78, 5) is 6.59. The highest BCUT2D eigenvalue weighted by Crippen LogP contribution is 2.34. The van der Waals surface area contributed by atoms with Crippen LogP contribution in [0.25, 0.3) is 0 Å². The summed E-state index contributed by atoms with van der Waals surface area (Å²) in [5.74, 6) is 1.62. The van der Waals surface area contributed by atoms with Gasteiger partial charge in [0.25, 0.3) is 5.95 Å². The molecule has 1 saturated heterocycles. The molecule has 2 aromatic rings. The van der Waals surface area contributed by atoms with Crippen LogP contribution in [-0.4, -0.2) is 44.7 Å². The predicted octanol–water partition coefficient (Wildman–Crippen LogP) is 1.31. The van der Waals surface area contributed by atoms with Crippen LogP contribution in [-0.2, 0) is 12.5 Å². The maximum atomic E-state index is 9.69. The van der Waals surface area contributed by atoms with Crippen molar-refractivity contribution in [2.45, 2.75) is 32.1 Å². The van der Waals surface area contributed by atoms with Crippen molar-refractivity contribution in [3.05, 3.63) is 23.8 Å². The van der Waals surface area contributed by atoms with E-state index in [4.69, 9.17) is 4.52 Å². The number of hydrogen-bond acceptors (Lipinski definition) is 6. The average molecular weight is 305 g/mol. The smallest absolute Gasteiger partial charge is 0.266 e. The third kappa shape index (κ3) is 2.72. The first kappa shape index (κ1) is 15.0. The molecule has 0 aliphatic carbocycles. The van der Waals surface area contributed by atoms with E-state index in [-0.39, 0.29) is 23.9 Å². The zero-order chi connectivity index (χ0) is 15.9. The molecule has 0 spiro atoms. The fourth-order valence-corrected chi connectivity index (χ4v) is 2.88. The molecule has 1 aliphatic rings. The number of anilines is 1. The van der Waals surface area contributed by atoms with E-state index in [2.05, 4.69) is 20.1 Å². The second kappa shape index (κ2) is 5.39. The van der Waals surface area contributed by atoms with E-state index in [1.807, 2.05) is 40.2 Å². The fraction of sp³-hybridized carbons (Fsp3) is 0.667. The lowest BCUT2D eigenvalue weighted by atomic mass is 9.92. The first-order chi connectivity index (χ1) is 10.4. The number of aliphatic hydroxyl groups is 1. The Bertz CT molecular complexity index is 642. The van der Waals surface area contributed by atoms with Gasteiger partial charge in [-0.05, 0) is 10.7 Å². The molecule has 0 amide bonds. The van der Waals surface area contributed by atoms with Gasteiger partial charge in [-0.1, -0.05) is 20.8 Å². The van der Waals surface area contributed by atoms with Gasteiger partial charge in [-0.2, -0.15) is 10.1 Å². The van der Waals surface area contributed by atoms with Gasteiger partial charge in [-0.25, -0.2) is 0 Å². The molecule has 0 bridgehead atoms. The standard InChI is InChI=1S/C15H23N5O2/c1-15(2,3)13-17-14(18-22-13)20-7-11(9-21)12(8-20)10-5-16-19(4)6-10/h5-6,11-12,21H,7-9H2,1-4H3/t11-,12-/m0/s1. The van der Waals surface area contributed by atoms with Crippen LogP contribution in [0.2, 0.25) is 0 Å². The van der Waals surface area contributed by atoms with Crippen LogP contribution in [0, 0.1) is 5.92 Å². The second-order valence-corrected chi connectivity index (χ2v) is 7.05. The topological polar surface area (TPSA) is 80.2 Å². The molecule has 7 heteroatoms. The minimum Gasteiger partial charge on any atom is -0.396 e. The highest BCUT2D eigenvalue weighted by molar-refractivity contribution is 5.35. The Balaban J connectivity index is 1.81. The summed E-state index contributed by atoms with van der Waals surface area (Å²) in [5, 5.41) is 18.0. The van der Waals surface area contributed by atoms with Crippen LogP contribution in [0.1, 0.15) is 38.1 Å². The predicted molar refractivity (Wildman–Crippen MR) is 81.7 cm³/mol. The Kier molecular flexibility index (Phi) is 3.68. The lowest BCUT2D eigenvalue weighted by Crippen LogP contribution is -2.22. The summed E-state index contributed by atoms with van der Waals surface area (Å²) in [6.07, 6.45) is 3.88. The highest BCUT2D eigenvalue weighted by atomic mass is 16.5. The molecule has 3 heterocycles. The number of aryl methyl sites for hydroxylation is 1. The molecule has 1 aliphatic heterocycles. The SMILES string of the molecule is Cn1cc([C@@H]2CN(c3noc(C(C)(C)C)n3)C[C@H]2CO)cn1. The third-order valence-electron chi connectivity index (χ3n) is 4.17. The average Bonchev–Trinajstić information content (AvgIpc) is 3.15. The quantitative estimate of drug-likeness (QED) is 0.921. The minimum atomic E-state index is -0.163. The second-order valence-electron chi connectivity index (χ2n) is 7.05. The molecule has 22 heavy (non-hydrogen) atoms. The summed E-state index contributed by atoms with van der Waals surface area (Å²) in [7, 11) is 1.90. The molecule has 2 atom stereocenters. The van der Waals surface area contributed by atoms with E-state index in [0.717, 1.165) is 18.7 Å². The lowest BCUT2D eigenvalue weighted by Gasteiger charge is -2.13. The molecule has 7 nitrogen and oxygen atoms in total. The van der Waals surface area contributed by atoms with Crippen LogP contribution >= 0.6 is 0 Å². The molecule has 120 valence electrons. The van der Waals surface area contributed by atoms with E-state index >= 15 is 0 Å². The van der Waals surface area contributed by atoms with Gasteiger partial charge in [0.2, 0.25) is 5.89 Å². The Labute approximate surface area is 129 Å². The zero-order valence-corrected chi connectivity index (χ0v) is 13.5. The fourth-order valence-electron chi connectivity index (χ4n) is 2.88. The van der Waals surface area contributed by atoms with Crippen molar-refractivity contribution in [1.82, 2.24) is 19.9 Å². The summed E-state index contributed by atoms with van der Waals surface area (Å²) in [6.45, 7) is 7.76. The molecular weight excluding hydrogens is 282 g/mol. The van der Waals surface area contributed by atoms with Gasteiger partial charge < -0.3 is 14.5 Å². The van der Waals surface area contributed by atoms with Gasteiger partial charge in [0.15, 0.2) is 0 Å². The van der Waals surface area contributed by atoms with Crippen LogP contribution < -0.4 is 4.90 Å². The number of aliphatic hydroxyl groups excluding tert-OH is 1. The molecule has 1 fully saturated rings. The van der Waals surface area contributed by atoms with Crippen molar-refractivity contribution < 1.29 is 9.63 Å². The molecule has 0 radical (unpaired) electrons. The van der Waals surface area contributed by atoms with E-state index in [0.29, 0.717) is 11.8 Å². The molecule has 2 aromatic heterocycles. The van der Waals surface area contributed by atoms with Crippen molar-refractivity contribution in [1.29, 1.82) is 0 Å². The van der Waals surface area contributed by atoms with E-state index in [9.17, 15) is 5.11 Å². The highest BCUT2D eigenvalue weighted by Gasteiger charge is 2.36. The van der Waals surface area contributed by atoms with Gasteiger partial charge in [0.1, 0.15) is 0 Å². The van der Waals surface area contributed by atoms with Crippen LogP contribution in [0.3, 0.4) is 0 Å². The summed E-state index contributed by atoms with van der Waals surface area (Å²) in [5.41, 5.74) is 0.980. The van der Waals surface area contributed by atoms with Gasteiger partial charge >= 0.3 is 0 Å². The van der Waals surface area contributed by atoms with Gasteiger partial charge in [-0.15, -0.1) is 0 Å². The maximum absolute atomic E-state index is 9.69. The van der Waals surface area contributed by atoms with Crippen molar-refractivity contribution in [3.8, 4) is 0 Å². The zero-order valence-electron chi connectivity index (χ0n) is 13.5. The van der Waals surface area contributed by atoms with Crippen molar-refractivity contribution in [2.24, 2.45) is 13.0 Å². The molecule has 0 aromatic carbocycles. The van der Waals surface area contributed by atoms with Crippen molar-refractivity contribution >= 4 is 5.95 Å². The normalized spacial score (nSPS) is 22.5. The lowest BCUT2D eigenvalue weighted by molar-refractivity contribution is 0.227. The first-order valence-electron chi connectivity index (χ1n) is 7.57. The maximum Gasteiger partial charge on any atom is 0.266 e. The van der Waals surface area contributed by atoms with E-state index < -0.39 is 0 Å². The summed E-state index contributed by atoms with van der Waals surface area (Å²) >= 11 is 0. The Morgan fingerprint density at radius 3 is 2.68 bits per heavy atom. The monoisotopic (exact) mass is 305 g/mol. The van der Waals surface area contributed by atoms with Crippen molar-refractivity contribution in [3.63, 3.8) is 0 Å². The van der Waals surface area contributed by atoms with E-state index in [1.165, 1.54) is 0 Å². The molecule has 3 rings (SSSR count). The van der Waals surface area contributed by atoms with E-state index in [1.54, 1.807) is 4.68 Å². The first-order valence-corrected chi connectivity index (χ1v) is 7.57. The van der Waals surface area contributed by atoms with Gasteiger partial charge in [0, 0.05) is 50.2 Å². The van der Waals surface area contributed by atoms with Crippen LogP contribution in [0.5, 0.6) is 0 Å². The Hall–Kier alpha value is -1.89. The largest absolute Gasteiger partial charge is 0.396 e. The van der Waals surface area contributed by atoms with Crippen molar-refractivity contribution in [2.75, 3.05) is 24.6 Å². The van der Waals surface area contributed by atoms with Crippen LogP contribution in [0.4, 0.5) is 5.95 Å². The number of aromatic nitrogens is 4. The molecule has 0 unspecified atom stereocenters. The summed E-state index contributed by atoms with van der Waals surface area (Å²) in [6, 6.07) is 0. The number of rotatable bonds is 3. The van der Waals surface area contributed by atoms with Crippen LogP contribution in [0.15, 0.2) is 16.9 Å². The number of nitrogens with zero attached hydrogens (tertiary/aromatic N) is 5. The summed E-state index contributed by atoms with van der Waals surface area (Å²) < 4.78 is 7.16. The van der Waals surface area contributed by atoms with Gasteiger partial charge in [-0.3, -0.25) is 4.68 Å². The molecular formula is C15H23N5O2. The Morgan fingerprint density at radius 1 is 1.36 bits per heavy atom.